The first-order valence-electron chi connectivity index (χ1n) is 4.46. The van der Waals surface area contributed by atoms with E-state index >= 15 is 0 Å². The maximum atomic E-state index is 11.1. The van der Waals surface area contributed by atoms with Crippen molar-refractivity contribution in [1.82, 2.24) is 0 Å². The summed E-state index contributed by atoms with van der Waals surface area (Å²) in [7, 11) is -2.33. The third-order valence-electron chi connectivity index (χ3n) is 1.78. The monoisotopic (exact) mass is 244 g/mol. The van der Waals surface area contributed by atoms with Gasteiger partial charge >= 0.3 is 16.1 Å². The van der Waals surface area contributed by atoms with Gasteiger partial charge in [0.1, 0.15) is 5.75 Å². The van der Waals surface area contributed by atoms with Crippen LogP contribution in [0, 0.1) is 0 Å². The highest BCUT2D eigenvalue weighted by Gasteiger charge is 2.12. The SMILES string of the molecule is COC(=O)Cc1ccccc1OS(C)(=O)=O. The molecule has 1 aromatic carbocycles. The van der Waals surface area contributed by atoms with Crippen LogP contribution < -0.4 is 4.18 Å². The van der Waals surface area contributed by atoms with Crippen LogP contribution in [0.3, 0.4) is 0 Å². The van der Waals surface area contributed by atoms with Crippen molar-refractivity contribution in [1.29, 1.82) is 0 Å². The zero-order valence-corrected chi connectivity index (χ0v) is 9.78. The van der Waals surface area contributed by atoms with Crippen molar-refractivity contribution < 1.29 is 22.1 Å². The largest absolute Gasteiger partial charge is 0.469 e. The first-order chi connectivity index (χ1) is 7.42. The Kier molecular flexibility index (Phi) is 3.89. The van der Waals surface area contributed by atoms with Crippen molar-refractivity contribution in [3.63, 3.8) is 0 Å². The highest BCUT2D eigenvalue weighted by molar-refractivity contribution is 7.86. The van der Waals surface area contributed by atoms with E-state index in [2.05, 4.69) is 4.74 Å². The summed E-state index contributed by atoms with van der Waals surface area (Å²) in [5, 5.41) is 0. The average molecular weight is 244 g/mol. The van der Waals surface area contributed by atoms with E-state index in [1.54, 1.807) is 18.2 Å². The first-order valence-corrected chi connectivity index (χ1v) is 6.28. The standard InChI is InChI=1S/C10H12O5S/c1-14-10(11)7-8-5-3-4-6-9(8)15-16(2,12)13/h3-6H,7H2,1-2H3. The number of carbonyl (C=O) groups is 1. The number of carbonyl (C=O) groups excluding carboxylic acids is 1. The lowest BCUT2D eigenvalue weighted by molar-refractivity contribution is -0.139. The second-order valence-corrected chi connectivity index (χ2v) is 4.72. The molecule has 0 atom stereocenters. The summed E-state index contributed by atoms with van der Waals surface area (Å²) in [6, 6.07) is 6.41. The number of esters is 1. The molecular formula is C10H12O5S. The Hall–Kier alpha value is -1.56. The molecule has 0 bridgehead atoms. The molecule has 0 unspecified atom stereocenters. The number of benzene rings is 1. The fraction of sp³-hybridized carbons (Fsp3) is 0.300. The normalized spacial score (nSPS) is 10.9. The molecule has 0 spiro atoms. The summed E-state index contributed by atoms with van der Waals surface area (Å²) in [6.07, 6.45) is 0.921. The van der Waals surface area contributed by atoms with E-state index < -0.39 is 16.1 Å². The third-order valence-corrected chi connectivity index (χ3v) is 2.26. The van der Waals surface area contributed by atoms with E-state index in [1.165, 1.54) is 13.2 Å². The van der Waals surface area contributed by atoms with Crippen LogP contribution in [-0.2, 0) is 26.1 Å². The summed E-state index contributed by atoms with van der Waals surface area (Å²) in [5.41, 5.74) is 0.472. The second-order valence-electron chi connectivity index (χ2n) is 3.15. The molecule has 0 N–H and O–H groups in total. The van der Waals surface area contributed by atoms with Gasteiger partial charge < -0.3 is 8.92 Å². The van der Waals surface area contributed by atoms with Gasteiger partial charge in [-0.3, -0.25) is 4.79 Å². The molecule has 6 heteroatoms. The highest BCUT2D eigenvalue weighted by Crippen LogP contribution is 2.20. The molecule has 16 heavy (non-hydrogen) atoms. The van der Waals surface area contributed by atoms with E-state index in [4.69, 9.17) is 4.18 Å². The second kappa shape index (κ2) is 4.98. The summed E-state index contributed by atoms with van der Waals surface area (Å²) in [5.74, 6) is -0.306. The molecule has 0 radical (unpaired) electrons. The molecule has 0 heterocycles. The number of hydrogen-bond acceptors (Lipinski definition) is 5. The van der Waals surface area contributed by atoms with Gasteiger partial charge in [-0.2, -0.15) is 8.42 Å². The molecule has 0 amide bonds. The van der Waals surface area contributed by atoms with Gasteiger partial charge in [0.25, 0.3) is 0 Å². The van der Waals surface area contributed by atoms with Gasteiger partial charge in [-0.1, -0.05) is 18.2 Å². The summed E-state index contributed by atoms with van der Waals surface area (Å²) in [4.78, 5) is 11.1. The van der Waals surface area contributed by atoms with Crippen molar-refractivity contribution >= 4 is 16.1 Å². The van der Waals surface area contributed by atoms with Gasteiger partial charge in [0.2, 0.25) is 0 Å². The Balaban J connectivity index is 2.96. The van der Waals surface area contributed by atoms with Crippen molar-refractivity contribution in [2.75, 3.05) is 13.4 Å². The van der Waals surface area contributed by atoms with Gasteiger partial charge in [-0.15, -0.1) is 0 Å². The Morgan fingerprint density at radius 1 is 1.31 bits per heavy atom. The van der Waals surface area contributed by atoms with Gasteiger partial charge in [0.15, 0.2) is 0 Å². The van der Waals surface area contributed by atoms with Gasteiger partial charge in [0.05, 0.1) is 19.8 Å². The number of para-hydroxylation sites is 1. The van der Waals surface area contributed by atoms with Crippen molar-refractivity contribution in [3.8, 4) is 5.75 Å². The van der Waals surface area contributed by atoms with Crippen molar-refractivity contribution in [3.05, 3.63) is 29.8 Å². The lowest BCUT2D eigenvalue weighted by Gasteiger charge is -2.08. The van der Waals surface area contributed by atoms with Crippen molar-refractivity contribution in [2.24, 2.45) is 0 Å². The lowest BCUT2D eigenvalue weighted by Crippen LogP contribution is -2.10. The fourth-order valence-corrected chi connectivity index (χ4v) is 1.61. The number of ether oxygens (including phenoxy) is 1. The van der Waals surface area contributed by atoms with Crippen LogP contribution in [0.4, 0.5) is 0 Å². The van der Waals surface area contributed by atoms with E-state index in [0.29, 0.717) is 5.56 Å². The molecular weight excluding hydrogens is 232 g/mol. The quantitative estimate of drug-likeness (QED) is 0.577. The minimum atomic E-state index is -3.59. The van der Waals surface area contributed by atoms with Crippen LogP contribution in [0.25, 0.3) is 0 Å². The minimum absolute atomic E-state index is 0.0256. The van der Waals surface area contributed by atoms with Crippen LogP contribution >= 0.6 is 0 Å². The maximum absolute atomic E-state index is 11.1. The van der Waals surface area contributed by atoms with Gasteiger partial charge in [-0.05, 0) is 6.07 Å². The van der Waals surface area contributed by atoms with E-state index in [0.717, 1.165) is 6.26 Å². The van der Waals surface area contributed by atoms with Crippen LogP contribution in [0.15, 0.2) is 24.3 Å². The van der Waals surface area contributed by atoms with Gasteiger partial charge in [0, 0.05) is 5.56 Å². The average Bonchev–Trinajstić information content (AvgIpc) is 2.18. The molecule has 0 aliphatic rings. The zero-order chi connectivity index (χ0) is 12.2. The highest BCUT2D eigenvalue weighted by atomic mass is 32.2. The first kappa shape index (κ1) is 12.5. The molecule has 5 nitrogen and oxygen atoms in total. The van der Waals surface area contributed by atoms with Crippen LogP contribution in [0.2, 0.25) is 0 Å². The smallest absolute Gasteiger partial charge is 0.310 e. The number of hydrogen-bond donors (Lipinski definition) is 0. The summed E-state index contributed by atoms with van der Waals surface area (Å²) >= 11 is 0. The molecule has 0 saturated heterocycles. The molecule has 0 aromatic heterocycles. The van der Waals surface area contributed by atoms with Gasteiger partial charge in [-0.25, -0.2) is 0 Å². The van der Waals surface area contributed by atoms with Crippen LogP contribution in [0.1, 0.15) is 5.56 Å². The van der Waals surface area contributed by atoms with Crippen LogP contribution in [0.5, 0.6) is 5.75 Å². The zero-order valence-electron chi connectivity index (χ0n) is 8.97. The number of rotatable bonds is 4. The molecule has 0 fully saturated rings. The topological polar surface area (TPSA) is 69.7 Å². The molecule has 0 aliphatic carbocycles. The minimum Gasteiger partial charge on any atom is -0.469 e. The molecule has 0 saturated carbocycles. The number of methoxy groups -OCH3 is 1. The molecule has 0 aliphatic heterocycles. The van der Waals surface area contributed by atoms with Crippen LogP contribution in [-0.4, -0.2) is 27.8 Å². The van der Waals surface area contributed by atoms with E-state index in [-0.39, 0.29) is 12.2 Å². The summed E-state index contributed by atoms with van der Waals surface area (Å²) in [6.45, 7) is 0. The Morgan fingerprint density at radius 3 is 2.50 bits per heavy atom. The lowest BCUT2D eigenvalue weighted by atomic mass is 10.1. The fourth-order valence-electron chi connectivity index (χ4n) is 1.12. The molecule has 88 valence electrons. The van der Waals surface area contributed by atoms with E-state index in [1.807, 2.05) is 0 Å². The third kappa shape index (κ3) is 3.90. The summed E-state index contributed by atoms with van der Waals surface area (Å²) < 4.78 is 31.2. The predicted octanol–water partition coefficient (Wildman–Crippen LogP) is 0.740. The van der Waals surface area contributed by atoms with Crippen molar-refractivity contribution in [2.45, 2.75) is 6.42 Å². The molecule has 1 aromatic rings. The molecule has 1 rings (SSSR count). The predicted molar refractivity (Wildman–Crippen MR) is 57.6 cm³/mol. The maximum Gasteiger partial charge on any atom is 0.310 e. The Labute approximate surface area is 94.1 Å². The Morgan fingerprint density at radius 2 is 1.94 bits per heavy atom. The Bertz CT molecular complexity index is 478. The van der Waals surface area contributed by atoms with E-state index in [9.17, 15) is 13.2 Å².